The van der Waals surface area contributed by atoms with E-state index >= 15 is 0 Å². The number of sulfonamides is 1. The fraction of sp³-hybridized carbons (Fsp3) is 0.316. The number of aryl methyl sites for hydroxylation is 1. The lowest BCUT2D eigenvalue weighted by Crippen LogP contribution is -2.29. The molecule has 0 aromatic heterocycles. The number of hydrogen-bond acceptors (Lipinski definition) is 5. The first-order valence-corrected chi connectivity index (χ1v) is 9.63. The first-order valence-electron chi connectivity index (χ1n) is 8.19. The third-order valence-corrected chi connectivity index (χ3v) is 5.93. The van der Waals surface area contributed by atoms with Crippen LogP contribution in [0.1, 0.15) is 22.3 Å². The quantitative estimate of drug-likeness (QED) is 0.522. The van der Waals surface area contributed by atoms with Gasteiger partial charge in [-0.15, -0.1) is 0 Å². The molecule has 140 valence electrons. The molecule has 2 rings (SSSR count). The van der Waals surface area contributed by atoms with Gasteiger partial charge in [-0.2, -0.15) is 0 Å². The normalized spacial score (nSPS) is 11.4. The van der Waals surface area contributed by atoms with Crippen LogP contribution >= 0.6 is 0 Å². The molecule has 2 aromatic carbocycles. The van der Waals surface area contributed by atoms with Gasteiger partial charge in [0.2, 0.25) is 10.0 Å². The molecule has 7 heteroatoms. The van der Waals surface area contributed by atoms with Crippen molar-refractivity contribution in [1.29, 1.82) is 0 Å². The highest BCUT2D eigenvalue weighted by Crippen LogP contribution is 2.21. The summed E-state index contributed by atoms with van der Waals surface area (Å²) in [5.74, 6) is 0.260. The van der Waals surface area contributed by atoms with Crippen molar-refractivity contribution >= 4 is 16.0 Å². The van der Waals surface area contributed by atoms with Gasteiger partial charge < -0.3 is 9.47 Å². The van der Waals surface area contributed by atoms with Crippen LogP contribution in [-0.2, 0) is 14.8 Å². The lowest BCUT2D eigenvalue weighted by molar-refractivity contribution is 0.0600. The van der Waals surface area contributed by atoms with Gasteiger partial charge in [0, 0.05) is 13.6 Å². The van der Waals surface area contributed by atoms with Gasteiger partial charge >= 0.3 is 5.97 Å². The Bertz CT molecular complexity index is 849. The van der Waals surface area contributed by atoms with Gasteiger partial charge in [0.15, 0.2) is 0 Å². The van der Waals surface area contributed by atoms with E-state index in [1.165, 1.54) is 36.7 Å². The van der Waals surface area contributed by atoms with E-state index in [-0.39, 0.29) is 4.90 Å². The molecule has 0 unspecified atom stereocenters. The monoisotopic (exact) mass is 377 g/mol. The van der Waals surface area contributed by atoms with Gasteiger partial charge in [-0.1, -0.05) is 18.2 Å². The third-order valence-electron chi connectivity index (χ3n) is 3.91. The molecule has 0 saturated heterocycles. The Hall–Kier alpha value is -2.38. The van der Waals surface area contributed by atoms with Crippen molar-refractivity contribution in [3.8, 4) is 5.75 Å². The summed E-state index contributed by atoms with van der Waals surface area (Å²) < 4.78 is 37.0. The van der Waals surface area contributed by atoms with Crippen molar-refractivity contribution in [2.24, 2.45) is 0 Å². The van der Waals surface area contributed by atoms with Crippen molar-refractivity contribution in [3.05, 3.63) is 59.7 Å². The topological polar surface area (TPSA) is 72.9 Å². The van der Waals surface area contributed by atoms with E-state index in [1.54, 1.807) is 6.92 Å². The van der Waals surface area contributed by atoms with Crippen LogP contribution in [0.5, 0.6) is 5.75 Å². The molecule has 0 fully saturated rings. The zero-order chi connectivity index (χ0) is 19.2. The lowest BCUT2D eigenvalue weighted by Gasteiger charge is -2.19. The Morgan fingerprint density at radius 2 is 1.81 bits per heavy atom. The van der Waals surface area contributed by atoms with E-state index < -0.39 is 16.0 Å². The first-order chi connectivity index (χ1) is 12.4. The van der Waals surface area contributed by atoms with Crippen LogP contribution in [0.25, 0.3) is 0 Å². The van der Waals surface area contributed by atoms with Gasteiger partial charge in [-0.25, -0.2) is 17.5 Å². The van der Waals surface area contributed by atoms with Crippen molar-refractivity contribution in [3.63, 3.8) is 0 Å². The van der Waals surface area contributed by atoms with Crippen LogP contribution in [0, 0.1) is 6.92 Å². The molecule has 0 atom stereocenters. The minimum Gasteiger partial charge on any atom is -0.494 e. The number of benzene rings is 2. The predicted octanol–water partition coefficient (Wildman–Crippen LogP) is 2.87. The van der Waals surface area contributed by atoms with Crippen LogP contribution < -0.4 is 4.74 Å². The van der Waals surface area contributed by atoms with E-state index in [2.05, 4.69) is 4.74 Å². The average molecular weight is 377 g/mol. The minimum atomic E-state index is -3.64. The van der Waals surface area contributed by atoms with Gasteiger partial charge in [0.1, 0.15) is 5.75 Å². The Morgan fingerprint density at radius 1 is 1.12 bits per heavy atom. The highest BCUT2D eigenvalue weighted by atomic mass is 32.2. The van der Waals surface area contributed by atoms with E-state index in [1.807, 2.05) is 30.3 Å². The van der Waals surface area contributed by atoms with Gasteiger partial charge in [0.05, 0.1) is 24.2 Å². The zero-order valence-corrected chi connectivity index (χ0v) is 16.0. The summed E-state index contributed by atoms with van der Waals surface area (Å²) in [5, 5.41) is 0. The highest BCUT2D eigenvalue weighted by molar-refractivity contribution is 7.89. The molecule has 0 aliphatic heterocycles. The first kappa shape index (κ1) is 19.9. The predicted molar refractivity (Wildman–Crippen MR) is 98.9 cm³/mol. The number of nitrogens with zero attached hydrogens (tertiary/aromatic N) is 1. The van der Waals surface area contributed by atoms with Crippen molar-refractivity contribution in [2.75, 3.05) is 27.3 Å². The number of rotatable bonds is 8. The molecule has 0 amide bonds. The van der Waals surface area contributed by atoms with Crippen molar-refractivity contribution in [2.45, 2.75) is 18.2 Å². The van der Waals surface area contributed by atoms with E-state index in [0.29, 0.717) is 30.7 Å². The summed E-state index contributed by atoms with van der Waals surface area (Å²) in [7, 11) is -0.820. The Balaban J connectivity index is 1.99. The van der Waals surface area contributed by atoms with Crippen LogP contribution in [0.2, 0.25) is 0 Å². The summed E-state index contributed by atoms with van der Waals surface area (Å²) >= 11 is 0. The molecule has 0 saturated carbocycles. The number of esters is 1. The average Bonchev–Trinajstić information content (AvgIpc) is 2.64. The number of hydrogen-bond donors (Lipinski definition) is 0. The maximum Gasteiger partial charge on any atom is 0.337 e. The summed E-state index contributed by atoms with van der Waals surface area (Å²) in [6.07, 6.45) is 0.559. The molecule has 6 nitrogen and oxygen atoms in total. The Morgan fingerprint density at radius 3 is 2.42 bits per heavy atom. The zero-order valence-electron chi connectivity index (χ0n) is 15.1. The fourth-order valence-corrected chi connectivity index (χ4v) is 3.88. The number of carbonyl (C=O) groups excluding carboxylic acids is 1. The molecule has 0 spiro atoms. The molecule has 0 radical (unpaired) electrons. The molecule has 0 bridgehead atoms. The minimum absolute atomic E-state index is 0.177. The van der Waals surface area contributed by atoms with Crippen LogP contribution in [0.4, 0.5) is 0 Å². The molecule has 0 aliphatic rings. The second-order valence-corrected chi connectivity index (χ2v) is 7.83. The highest BCUT2D eigenvalue weighted by Gasteiger charge is 2.23. The fourth-order valence-electron chi connectivity index (χ4n) is 2.47. The molecular weight excluding hydrogens is 354 g/mol. The Labute approximate surface area is 154 Å². The number of ether oxygens (including phenoxy) is 2. The van der Waals surface area contributed by atoms with Crippen LogP contribution in [-0.4, -0.2) is 46.0 Å². The lowest BCUT2D eigenvalue weighted by atomic mass is 10.1. The van der Waals surface area contributed by atoms with Crippen molar-refractivity contribution < 1.29 is 22.7 Å². The maximum absolute atomic E-state index is 12.7. The van der Waals surface area contributed by atoms with Gasteiger partial charge in [0.25, 0.3) is 0 Å². The second-order valence-electron chi connectivity index (χ2n) is 5.81. The molecule has 0 heterocycles. The summed E-state index contributed by atoms with van der Waals surface area (Å²) in [5.41, 5.74) is 0.822. The summed E-state index contributed by atoms with van der Waals surface area (Å²) in [6, 6.07) is 13.8. The van der Waals surface area contributed by atoms with Crippen molar-refractivity contribution in [1.82, 2.24) is 4.31 Å². The SMILES string of the molecule is COC(=O)c1ccc(S(=O)(=O)N(C)CCCOc2ccccc2)c(C)c1. The van der Waals surface area contributed by atoms with E-state index in [9.17, 15) is 13.2 Å². The van der Waals surface area contributed by atoms with E-state index in [0.717, 1.165) is 5.75 Å². The molecule has 2 aromatic rings. The van der Waals surface area contributed by atoms with Crippen LogP contribution in [0.3, 0.4) is 0 Å². The number of carbonyl (C=O) groups is 1. The third kappa shape index (κ3) is 4.83. The van der Waals surface area contributed by atoms with Gasteiger partial charge in [-0.3, -0.25) is 0 Å². The number of methoxy groups -OCH3 is 1. The number of para-hydroxylation sites is 1. The molecule has 26 heavy (non-hydrogen) atoms. The van der Waals surface area contributed by atoms with Gasteiger partial charge in [-0.05, 0) is 49.2 Å². The van der Waals surface area contributed by atoms with Crippen LogP contribution in [0.15, 0.2) is 53.4 Å². The standard InChI is InChI=1S/C19H23NO5S/c1-15-14-16(19(21)24-3)10-11-18(15)26(22,23)20(2)12-7-13-25-17-8-5-4-6-9-17/h4-6,8-11,14H,7,12-13H2,1-3H3. The molecule has 0 aliphatic carbocycles. The summed E-state index contributed by atoms with van der Waals surface area (Å²) in [4.78, 5) is 11.7. The Kier molecular flexibility index (Phi) is 6.76. The second kappa shape index (κ2) is 8.82. The molecular formula is C19H23NO5S. The summed E-state index contributed by atoms with van der Waals surface area (Å²) in [6.45, 7) is 2.41. The smallest absolute Gasteiger partial charge is 0.337 e. The maximum atomic E-state index is 12.7. The van der Waals surface area contributed by atoms with E-state index in [4.69, 9.17) is 4.74 Å². The molecule has 0 N–H and O–H groups in total. The largest absolute Gasteiger partial charge is 0.494 e.